The van der Waals surface area contributed by atoms with E-state index < -0.39 is 4.92 Å². The molecule has 1 fully saturated rings. The van der Waals surface area contributed by atoms with E-state index in [-0.39, 0.29) is 17.1 Å². The van der Waals surface area contributed by atoms with Gasteiger partial charge in [0.05, 0.1) is 16.9 Å². The molecular weight excluding hydrogens is 294 g/mol. The van der Waals surface area contributed by atoms with Crippen LogP contribution >= 0.6 is 0 Å². The molecule has 1 spiro atoms. The van der Waals surface area contributed by atoms with E-state index in [4.69, 9.17) is 4.74 Å². The Morgan fingerprint density at radius 3 is 2.57 bits per heavy atom. The number of benzene rings is 2. The second kappa shape index (κ2) is 4.91. The molecule has 23 heavy (non-hydrogen) atoms. The Hall–Kier alpha value is -2.69. The molecule has 5 heteroatoms. The molecule has 2 aromatic rings. The second-order valence-corrected chi connectivity index (χ2v) is 6.26. The summed E-state index contributed by atoms with van der Waals surface area (Å²) in [7, 11) is 0. The quantitative estimate of drug-likeness (QED) is 0.617. The molecule has 4 rings (SSSR count). The van der Waals surface area contributed by atoms with Crippen LogP contribution < -0.4 is 4.74 Å². The number of carbonyl (C=O) groups is 1. The lowest BCUT2D eigenvalue weighted by Crippen LogP contribution is -2.47. The number of ether oxygens (including phenoxy) is 1. The molecule has 2 aliphatic rings. The molecular formula is C18H15NO4. The van der Waals surface area contributed by atoms with Crippen LogP contribution in [0.5, 0.6) is 5.75 Å². The maximum absolute atomic E-state index is 12.3. The zero-order valence-electron chi connectivity index (χ0n) is 12.5. The number of carbonyl (C=O) groups excluding carboxylic acids is 1. The van der Waals surface area contributed by atoms with Gasteiger partial charge < -0.3 is 4.74 Å². The zero-order valence-corrected chi connectivity index (χ0v) is 12.5. The van der Waals surface area contributed by atoms with Crippen LogP contribution in [0.4, 0.5) is 5.69 Å². The van der Waals surface area contributed by atoms with Crippen LogP contribution in [0.1, 0.15) is 36.0 Å². The SMILES string of the molecule is O=C1CC2(CCC2)Oc2cc(-c3cccc([N+](=O)[O-])c3)ccc21. The molecule has 1 aliphatic carbocycles. The molecule has 0 saturated heterocycles. The standard InChI is InChI=1S/C18H15NO4/c20-16-11-18(7-2-8-18)23-17-10-13(5-6-15(16)17)12-3-1-4-14(9-12)19(21)22/h1,3-6,9-10H,2,7-8,11H2. The molecule has 5 nitrogen and oxygen atoms in total. The fraction of sp³-hybridized carbons (Fsp3) is 0.278. The van der Waals surface area contributed by atoms with Crippen molar-refractivity contribution in [1.82, 2.24) is 0 Å². The smallest absolute Gasteiger partial charge is 0.270 e. The number of fused-ring (bicyclic) bond motifs is 1. The maximum atomic E-state index is 12.3. The number of nitrogens with zero attached hydrogens (tertiary/aromatic N) is 1. The number of rotatable bonds is 2. The van der Waals surface area contributed by atoms with Crippen molar-refractivity contribution < 1.29 is 14.5 Å². The summed E-state index contributed by atoms with van der Waals surface area (Å²) in [6.45, 7) is 0. The summed E-state index contributed by atoms with van der Waals surface area (Å²) < 4.78 is 6.11. The Morgan fingerprint density at radius 2 is 1.87 bits per heavy atom. The second-order valence-electron chi connectivity index (χ2n) is 6.26. The van der Waals surface area contributed by atoms with Gasteiger partial charge in [-0.3, -0.25) is 14.9 Å². The molecule has 0 aromatic heterocycles. The van der Waals surface area contributed by atoms with Crippen LogP contribution in [0.15, 0.2) is 42.5 Å². The number of non-ortho nitro benzene ring substituents is 1. The maximum Gasteiger partial charge on any atom is 0.270 e. The highest BCUT2D eigenvalue weighted by Gasteiger charge is 2.45. The summed E-state index contributed by atoms with van der Waals surface area (Å²) in [5.41, 5.74) is 1.90. The van der Waals surface area contributed by atoms with Gasteiger partial charge >= 0.3 is 0 Å². The van der Waals surface area contributed by atoms with Crippen LogP contribution in [0.2, 0.25) is 0 Å². The Morgan fingerprint density at radius 1 is 1.09 bits per heavy atom. The largest absolute Gasteiger partial charge is 0.486 e. The van der Waals surface area contributed by atoms with Crippen LogP contribution in [-0.4, -0.2) is 16.3 Å². The first-order valence-electron chi connectivity index (χ1n) is 7.67. The van der Waals surface area contributed by atoms with Gasteiger partial charge in [-0.05, 0) is 42.5 Å². The minimum atomic E-state index is -0.411. The van der Waals surface area contributed by atoms with Crippen LogP contribution in [-0.2, 0) is 0 Å². The van der Waals surface area contributed by atoms with Crippen molar-refractivity contribution in [3.8, 4) is 16.9 Å². The van der Waals surface area contributed by atoms with E-state index >= 15 is 0 Å². The number of hydrogen-bond acceptors (Lipinski definition) is 4. The van der Waals surface area contributed by atoms with Crippen LogP contribution in [0, 0.1) is 10.1 Å². The molecule has 0 atom stereocenters. The number of nitro groups is 1. The minimum absolute atomic E-state index is 0.0488. The van der Waals surface area contributed by atoms with Gasteiger partial charge in [-0.1, -0.05) is 18.2 Å². The average molecular weight is 309 g/mol. The molecule has 0 amide bonds. The van der Waals surface area contributed by atoms with Crippen molar-refractivity contribution in [1.29, 1.82) is 0 Å². The fourth-order valence-corrected chi connectivity index (χ4v) is 3.32. The van der Waals surface area contributed by atoms with Crippen molar-refractivity contribution in [3.63, 3.8) is 0 Å². The first kappa shape index (κ1) is 13.9. The Kier molecular flexibility index (Phi) is 2.98. The molecule has 0 bridgehead atoms. The van der Waals surface area contributed by atoms with Gasteiger partial charge in [-0.2, -0.15) is 0 Å². The minimum Gasteiger partial charge on any atom is -0.486 e. The van der Waals surface area contributed by atoms with Gasteiger partial charge in [0.15, 0.2) is 5.78 Å². The highest BCUT2D eigenvalue weighted by molar-refractivity contribution is 6.01. The van der Waals surface area contributed by atoms with Crippen molar-refractivity contribution in [3.05, 3.63) is 58.1 Å². The molecule has 0 unspecified atom stereocenters. The van der Waals surface area contributed by atoms with E-state index in [0.29, 0.717) is 17.7 Å². The Bertz CT molecular complexity index is 824. The van der Waals surface area contributed by atoms with E-state index in [1.165, 1.54) is 12.1 Å². The highest BCUT2D eigenvalue weighted by Crippen LogP contribution is 2.45. The number of Topliss-reactive ketones (excluding diaryl/α,β-unsaturated/α-hetero) is 1. The summed E-state index contributed by atoms with van der Waals surface area (Å²) in [5, 5.41) is 10.9. The predicted molar refractivity (Wildman–Crippen MR) is 84.7 cm³/mol. The molecule has 2 aromatic carbocycles. The number of nitro benzene ring substituents is 1. The van der Waals surface area contributed by atoms with Crippen molar-refractivity contribution >= 4 is 11.5 Å². The van der Waals surface area contributed by atoms with Gasteiger partial charge in [0, 0.05) is 12.1 Å². The normalized spacial score (nSPS) is 18.0. The summed E-state index contributed by atoms with van der Waals surface area (Å²) in [6.07, 6.45) is 3.38. The van der Waals surface area contributed by atoms with Crippen LogP contribution in [0.3, 0.4) is 0 Å². The Balaban J connectivity index is 1.75. The molecule has 0 radical (unpaired) electrons. The number of ketones is 1. The average Bonchev–Trinajstić information content (AvgIpc) is 2.53. The monoisotopic (exact) mass is 309 g/mol. The molecule has 0 N–H and O–H groups in total. The lowest BCUT2D eigenvalue weighted by atomic mass is 9.74. The van der Waals surface area contributed by atoms with Gasteiger partial charge in [-0.25, -0.2) is 0 Å². The van der Waals surface area contributed by atoms with Gasteiger partial charge in [0.25, 0.3) is 5.69 Å². The fourth-order valence-electron chi connectivity index (χ4n) is 3.32. The predicted octanol–water partition coefficient (Wildman–Crippen LogP) is 4.15. The highest BCUT2D eigenvalue weighted by atomic mass is 16.6. The Labute approximate surface area is 133 Å². The van der Waals surface area contributed by atoms with Gasteiger partial charge in [0.1, 0.15) is 11.4 Å². The van der Waals surface area contributed by atoms with Gasteiger partial charge in [-0.15, -0.1) is 0 Å². The van der Waals surface area contributed by atoms with Crippen LogP contribution in [0.25, 0.3) is 11.1 Å². The summed E-state index contributed by atoms with van der Waals surface area (Å²) >= 11 is 0. The van der Waals surface area contributed by atoms with E-state index in [0.717, 1.165) is 30.4 Å². The summed E-state index contributed by atoms with van der Waals surface area (Å²) in [4.78, 5) is 22.8. The van der Waals surface area contributed by atoms with Crippen molar-refractivity contribution in [2.45, 2.75) is 31.3 Å². The van der Waals surface area contributed by atoms with E-state index in [1.54, 1.807) is 12.1 Å². The summed E-state index contributed by atoms with van der Waals surface area (Å²) in [6, 6.07) is 11.9. The van der Waals surface area contributed by atoms with Gasteiger partial charge in [0.2, 0.25) is 0 Å². The molecule has 1 aliphatic heterocycles. The third-order valence-electron chi connectivity index (χ3n) is 4.75. The van der Waals surface area contributed by atoms with E-state index in [9.17, 15) is 14.9 Å². The molecule has 1 saturated carbocycles. The zero-order chi connectivity index (χ0) is 16.0. The third-order valence-corrected chi connectivity index (χ3v) is 4.75. The number of hydrogen-bond donors (Lipinski definition) is 0. The lowest BCUT2D eigenvalue weighted by molar-refractivity contribution is -0.384. The molecule has 1 heterocycles. The van der Waals surface area contributed by atoms with E-state index in [2.05, 4.69) is 0 Å². The molecule has 116 valence electrons. The van der Waals surface area contributed by atoms with E-state index in [1.807, 2.05) is 18.2 Å². The first-order chi connectivity index (χ1) is 11.1. The lowest BCUT2D eigenvalue weighted by Gasteiger charge is -2.44. The third kappa shape index (κ3) is 2.29. The first-order valence-corrected chi connectivity index (χ1v) is 7.67. The van der Waals surface area contributed by atoms with Crippen molar-refractivity contribution in [2.24, 2.45) is 0 Å². The van der Waals surface area contributed by atoms with Crippen molar-refractivity contribution in [2.75, 3.05) is 0 Å². The summed E-state index contributed by atoms with van der Waals surface area (Å²) in [5.74, 6) is 0.724. The topological polar surface area (TPSA) is 69.4 Å².